The van der Waals surface area contributed by atoms with Gasteiger partial charge in [-0.25, -0.2) is 9.97 Å². The predicted molar refractivity (Wildman–Crippen MR) is 207 cm³/mol. The number of thiophene rings is 1. The molecule has 0 aliphatic rings. The largest absolute Gasteiger partial charge is 0.308 e. The molecule has 4 nitrogen and oxygen atoms in total. The van der Waals surface area contributed by atoms with Crippen LogP contribution in [0.4, 0.5) is 0 Å². The summed E-state index contributed by atoms with van der Waals surface area (Å²) in [6.07, 6.45) is 0. The summed E-state index contributed by atoms with van der Waals surface area (Å²) in [6.45, 7) is 0. The minimum atomic E-state index is 0.669. The van der Waals surface area contributed by atoms with Gasteiger partial charge in [-0.1, -0.05) is 121 Å². The molecule has 49 heavy (non-hydrogen) atoms. The summed E-state index contributed by atoms with van der Waals surface area (Å²) < 4.78 is 7.34. The lowest BCUT2D eigenvalue weighted by molar-refractivity contribution is 1.02. The van der Waals surface area contributed by atoms with Gasteiger partial charge in [-0.3, -0.25) is 4.57 Å². The first kappa shape index (κ1) is 26.7. The lowest BCUT2D eigenvalue weighted by atomic mass is 10.0. The summed E-state index contributed by atoms with van der Waals surface area (Å²) in [5.41, 5.74) is 8.68. The van der Waals surface area contributed by atoms with Gasteiger partial charge in [-0.05, 0) is 36.4 Å². The van der Waals surface area contributed by atoms with E-state index in [1.165, 1.54) is 52.8 Å². The molecule has 0 N–H and O–H groups in total. The maximum Gasteiger partial charge on any atom is 0.235 e. The summed E-state index contributed by atoms with van der Waals surface area (Å²) in [4.78, 5) is 10.8. The zero-order valence-corrected chi connectivity index (χ0v) is 27.0. The first-order chi connectivity index (χ1) is 24.3. The lowest BCUT2D eigenvalue weighted by Gasteiger charge is -2.13. The van der Waals surface area contributed by atoms with Crippen molar-refractivity contribution >= 4 is 86.0 Å². The van der Waals surface area contributed by atoms with Crippen LogP contribution < -0.4 is 0 Å². The first-order valence-corrected chi connectivity index (χ1v) is 17.3. The number of aromatic nitrogens is 4. The van der Waals surface area contributed by atoms with E-state index in [2.05, 4.69) is 167 Å². The quantitative estimate of drug-likeness (QED) is 0.192. The average Bonchev–Trinajstić information content (AvgIpc) is 3.83. The molecule has 0 bridgehead atoms. The Hall–Kier alpha value is -6.30. The van der Waals surface area contributed by atoms with Crippen LogP contribution in [-0.4, -0.2) is 19.1 Å². The molecule has 0 saturated heterocycles. The maximum atomic E-state index is 5.44. The molecular weight excluding hydrogens is 617 g/mol. The molecule has 0 atom stereocenters. The number of fused-ring (bicyclic) bond motifs is 13. The minimum Gasteiger partial charge on any atom is -0.308 e. The second-order valence-electron chi connectivity index (χ2n) is 12.5. The van der Waals surface area contributed by atoms with Crippen LogP contribution in [0.15, 0.2) is 158 Å². The second kappa shape index (κ2) is 10.1. The average molecular weight is 643 g/mol. The van der Waals surface area contributed by atoms with E-state index in [1.807, 2.05) is 11.3 Å². The minimum absolute atomic E-state index is 0.669. The molecule has 0 aliphatic carbocycles. The first-order valence-electron chi connectivity index (χ1n) is 16.5. The van der Waals surface area contributed by atoms with Crippen LogP contribution in [0.2, 0.25) is 0 Å². The third kappa shape index (κ3) is 3.68. The molecule has 4 aromatic heterocycles. The molecule has 4 heterocycles. The van der Waals surface area contributed by atoms with Crippen molar-refractivity contribution < 1.29 is 0 Å². The Balaban J connectivity index is 1.44. The number of hydrogen-bond acceptors (Lipinski definition) is 3. The van der Waals surface area contributed by atoms with Gasteiger partial charge in [0.1, 0.15) is 0 Å². The summed E-state index contributed by atoms with van der Waals surface area (Å²) in [7, 11) is 0. The zero-order chi connectivity index (χ0) is 32.1. The van der Waals surface area contributed by atoms with Gasteiger partial charge in [0, 0.05) is 58.4 Å². The van der Waals surface area contributed by atoms with E-state index in [0.717, 1.165) is 38.9 Å². The van der Waals surface area contributed by atoms with E-state index >= 15 is 0 Å². The highest BCUT2D eigenvalue weighted by Gasteiger charge is 2.27. The second-order valence-corrected chi connectivity index (χ2v) is 13.6. The monoisotopic (exact) mass is 642 g/mol. The molecule has 11 aromatic rings. The van der Waals surface area contributed by atoms with Gasteiger partial charge < -0.3 is 4.57 Å². The number of hydrogen-bond donors (Lipinski definition) is 0. The van der Waals surface area contributed by atoms with Crippen molar-refractivity contribution in [2.75, 3.05) is 0 Å². The van der Waals surface area contributed by atoms with Gasteiger partial charge in [0.25, 0.3) is 0 Å². The zero-order valence-electron chi connectivity index (χ0n) is 26.2. The highest BCUT2D eigenvalue weighted by molar-refractivity contribution is 7.27. The SMILES string of the molecule is c1ccc(-c2nc(-n3c4ccccc4c4c5c(c6ccccc6n5-c5ccccc5)c5sc6ccccc6c5c43)nc3ccccc23)cc1. The van der Waals surface area contributed by atoms with Crippen molar-refractivity contribution in [3.8, 4) is 22.9 Å². The third-order valence-corrected chi connectivity index (χ3v) is 11.1. The number of rotatable bonds is 3. The molecule has 7 aromatic carbocycles. The summed E-state index contributed by atoms with van der Waals surface area (Å²) in [5.74, 6) is 0.669. The Bertz CT molecular complexity index is 3100. The van der Waals surface area contributed by atoms with Gasteiger partial charge in [0.2, 0.25) is 5.95 Å². The Labute approximate surface area is 284 Å². The maximum absolute atomic E-state index is 5.44. The van der Waals surface area contributed by atoms with Crippen LogP contribution in [0.5, 0.6) is 0 Å². The van der Waals surface area contributed by atoms with E-state index in [9.17, 15) is 0 Å². The highest BCUT2D eigenvalue weighted by Crippen LogP contribution is 2.51. The fourth-order valence-corrected chi connectivity index (χ4v) is 9.18. The topological polar surface area (TPSA) is 35.6 Å². The van der Waals surface area contributed by atoms with Crippen molar-refractivity contribution in [2.24, 2.45) is 0 Å². The van der Waals surface area contributed by atoms with E-state index in [1.54, 1.807) is 0 Å². The van der Waals surface area contributed by atoms with E-state index in [0.29, 0.717) is 5.95 Å². The van der Waals surface area contributed by atoms with Crippen molar-refractivity contribution in [1.29, 1.82) is 0 Å². The summed E-state index contributed by atoms with van der Waals surface area (Å²) >= 11 is 1.88. The van der Waals surface area contributed by atoms with Crippen LogP contribution in [-0.2, 0) is 0 Å². The normalized spacial score (nSPS) is 12.1. The van der Waals surface area contributed by atoms with E-state index in [-0.39, 0.29) is 0 Å². The van der Waals surface area contributed by atoms with Crippen molar-refractivity contribution in [2.45, 2.75) is 0 Å². The molecule has 5 heteroatoms. The summed E-state index contributed by atoms with van der Waals surface area (Å²) in [5, 5.41) is 8.46. The highest BCUT2D eigenvalue weighted by atomic mass is 32.1. The van der Waals surface area contributed by atoms with Crippen molar-refractivity contribution in [3.63, 3.8) is 0 Å². The van der Waals surface area contributed by atoms with Crippen LogP contribution in [0.3, 0.4) is 0 Å². The van der Waals surface area contributed by atoms with Gasteiger partial charge in [0.15, 0.2) is 0 Å². The molecular formula is C44H26N4S. The smallest absolute Gasteiger partial charge is 0.235 e. The van der Waals surface area contributed by atoms with E-state index < -0.39 is 0 Å². The van der Waals surface area contributed by atoms with Crippen molar-refractivity contribution in [1.82, 2.24) is 19.1 Å². The molecule has 0 saturated carbocycles. The van der Waals surface area contributed by atoms with Gasteiger partial charge in [-0.2, -0.15) is 0 Å². The molecule has 0 aliphatic heterocycles. The van der Waals surface area contributed by atoms with Gasteiger partial charge >= 0.3 is 0 Å². The third-order valence-electron chi connectivity index (χ3n) is 9.90. The molecule has 0 radical (unpaired) electrons. The molecule has 0 spiro atoms. The molecule has 0 amide bonds. The van der Waals surface area contributed by atoms with Crippen LogP contribution in [0, 0.1) is 0 Å². The standard InChI is InChI=1S/C44H26N4S/c1-3-15-27(16-4-1)40-29-19-7-11-23-33(29)45-44(46-40)48-35-25-13-8-20-30(35)37-41-38(43-39(42(37)48)32-22-10-14-26-36(32)49-43)31-21-9-12-24-34(31)47(41)28-17-5-2-6-18-28/h1-26H. The lowest BCUT2D eigenvalue weighted by Crippen LogP contribution is -2.03. The molecule has 0 fully saturated rings. The van der Waals surface area contributed by atoms with Crippen LogP contribution >= 0.6 is 11.3 Å². The molecule has 11 rings (SSSR count). The summed E-state index contributed by atoms with van der Waals surface area (Å²) in [6, 6.07) is 56.0. The van der Waals surface area contributed by atoms with Crippen molar-refractivity contribution in [3.05, 3.63) is 158 Å². The fraction of sp³-hybridized carbons (Fsp3) is 0. The van der Waals surface area contributed by atoms with Gasteiger partial charge in [-0.15, -0.1) is 11.3 Å². The number of benzene rings is 7. The predicted octanol–water partition coefficient (Wildman–Crippen LogP) is 11.9. The molecule has 228 valence electrons. The Morgan fingerprint density at radius 1 is 0.429 bits per heavy atom. The Kier molecular flexibility index (Phi) is 5.51. The van der Waals surface area contributed by atoms with Crippen LogP contribution in [0.1, 0.15) is 0 Å². The number of para-hydroxylation sites is 4. The Morgan fingerprint density at radius 3 is 1.76 bits per heavy atom. The molecule has 0 unspecified atom stereocenters. The Morgan fingerprint density at radius 2 is 0.980 bits per heavy atom. The van der Waals surface area contributed by atoms with Crippen LogP contribution in [0.25, 0.3) is 97.6 Å². The van der Waals surface area contributed by atoms with E-state index in [4.69, 9.17) is 9.97 Å². The fourth-order valence-electron chi connectivity index (χ4n) is 7.91. The van der Waals surface area contributed by atoms with Gasteiger partial charge in [0.05, 0.1) is 33.3 Å². The number of nitrogens with zero attached hydrogens (tertiary/aromatic N) is 4.